The minimum absolute atomic E-state index is 0.0815. The maximum Gasteiger partial charge on any atom is 0.232 e. The average Bonchev–Trinajstić information content (AvgIpc) is 2.69. The van der Waals surface area contributed by atoms with Crippen molar-refractivity contribution in [1.82, 2.24) is 9.80 Å². The average molecular weight is 443 g/mol. The fourth-order valence-corrected chi connectivity index (χ4v) is 5.33. The largest absolute Gasteiger partial charge is 0.342 e. The molecule has 0 aliphatic carbocycles. The highest BCUT2D eigenvalue weighted by Crippen LogP contribution is 2.26. The first-order valence-electron chi connectivity index (χ1n) is 10.0. The summed E-state index contributed by atoms with van der Waals surface area (Å²) >= 11 is 13.7. The lowest BCUT2D eigenvalue weighted by molar-refractivity contribution is -0.141. The van der Waals surface area contributed by atoms with E-state index < -0.39 is 0 Å². The molecular weight excluding hydrogens is 415 g/mol. The molecule has 0 saturated carbocycles. The van der Waals surface area contributed by atoms with Gasteiger partial charge < -0.3 is 9.80 Å². The number of likely N-dealkylation sites (tertiary alicyclic amines) is 2. The molecule has 2 amide bonds. The molecule has 2 aliphatic heterocycles. The second-order valence-electron chi connectivity index (χ2n) is 7.89. The van der Waals surface area contributed by atoms with E-state index >= 15 is 0 Å². The molecule has 0 aromatic heterocycles. The highest BCUT2D eigenvalue weighted by atomic mass is 35.5. The Bertz CT molecular complexity index is 700. The van der Waals surface area contributed by atoms with Gasteiger partial charge in [0, 0.05) is 47.9 Å². The minimum Gasteiger partial charge on any atom is -0.342 e. The highest BCUT2D eigenvalue weighted by Gasteiger charge is 2.31. The number of nitrogens with zero attached hydrogens (tertiary/aromatic N) is 2. The summed E-state index contributed by atoms with van der Waals surface area (Å²) in [5.74, 6) is 2.37. The molecule has 1 aromatic rings. The van der Waals surface area contributed by atoms with Gasteiger partial charge in [-0.3, -0.25) is 9.59 Å². The standard InChI is InChI=1S/C21H28Cl2N2O2S/c1-15-4-8-25(9-5-15)21(27)16-6-10-24(11-7-16)20(26)14-28-13-17-2-3-18(22)12-19(17)23/h2-3,12,15-16H,4-11,13-14H2,1H3. The number of rotatable bonds is 5. The van der Waals surface area contributed by atoms with Crippen LogP contribution in [-0.4, -0.2) is 53.5 Å². The quantitative estimate of drug-likeness (QED) is 0.661. The van der Waals surface area contributed by atoms with Crippen molar-refractivity contribution < 1.29 is 9.59 Å². The van der Waals surface area contributed by atoms with Crippen molar-refractivity contribution >= 4 is 46.8 Å². The first-order chi connectivity index (χ1) is 13.4. The van der Waals surface area contributed by atoms with E-state index in [4.69, 9.17) is 23.2 Å². The van der Waals surface area contributed by atoms with E-state index in [0.717, 1.165) is 50.3 Å². The summed E-state index contributed by atoms with van der Waals surface area (Å²) in [6.07, 6.45) is 3.78. The molecule has 4 nitrogen and oxygen atoms in total. The Hall–Kier alpha value is -0.910. The van der Waals surface area contributed by atoms with Gasteiger partial charge in [-0.2, -0.15) is 0 Å². The molecular formula is C21H28Cl2N2O2S. The molecule has 154 valence electrons. The molecule has 2 heterocycles. The Morgan fingerprint density at radius 1 is 1.04 bits per heavy atom. The van der Waals surface area contributed by atoms with Crippen molar-refractivity contribution in [2.24, 2.45) is 11.8 Å². The monoisotopic (exact) mass is 442 g/mol. The summed E-state index contributed by atoms with van der Waals surface area (Å²) in [5.41, 5.74) is 0.990. The number of amides is 2. The van der Waals surface area contributed by atoms with Crippen molar-refractivity contribution in [2.75, 3.05) is 31.9 Å². The number of carbonyl (C=O) groups is 2. The zero-order valence-corrected chi connectivity index (χ0v) is 18.7. The van der Waals surface area contributed by atoms with Crippen LogP contribution in [0.3, 0.4) is 0 Å². The highest BCUT2D eigenvalue weighted by molar-refractivity contribution is 7.99. The molecule has 3 rings (SSSR count). The third kappa shape index (κ3) is 5.80. The van der Waals surface area contributed by atoms with Crippen molar-refractivity contribution in [2.45, 2.75) is 38.4 Å². The van der Waals surface area contributed by atoms with Gasteiger partial charge in [0.2, 0.25) is 11.8 Å². The van der Waals surface area contributed by atoms with E-state index in [2.05, 4.69) is 6.92 Å². The van der Waals surface area contributed by atoms with E-state index in [9.17, 15) is 9.59 Å². The van der Waals surface area contributed by atoms with Gasteiger partial charge in [-0.25, -0.2) is 0 Å². The number of piperidine rings is 2. The van der Waals surface area contributed by atoms with Crippen LogP contribution in [0.15, 0.2) is 18.2 Å². The normalized spacial score (nSPS) is 19.1. The Morgan fingerprint density at radius 3 is 2.32 bits per heavy atom. The molecule has 0 unspecified atom stereocenters. The maximum atomic E-state index is 12.7. The SMILES string of the molecule is CC1CCN(C(=O)C2CCN(C(=O)CSCc3ccc(Cl)cc3Cl)CC2)CC1. The predicted octanol–water partition coefficient (Wildman–Crippen LogP) is 4.72. The maximum absolute atomic E-state index is 12.7. The Kier molecular flexibility index (Phi) is 7.95. The van der Waals surface area contributed by atoms with Gasteiger partial charge in [-0.05, 0) is 49.3 Å². The van der Waals surface area contributed by atoms with Crippen LogP contribution in [0.5, 0.6) is 0 Å². The third-order valence-corrected chi connectivity index (χ3v) is 7.34. The molecule has 0 bridgehead atoms. The van der Waals surface area contributed by atoms with Crippen molar-refractivity contribution in [3.8, 4) is 0 Å². The number of halogens is 2. The third-order valence-electron chi connectivity index (χ3n) is 5.79. The van der Waals surface area contributed by atoms with Gasteiger partial charge in [-0.15, -0.1) is 11.8 Å². The van der Waals surface area contributed by atoms with Gasteiger partial charge in [0.05, 0.1) is 5.75 Å². The molecule has 7 heteroatoms. The molecule has 0 N–H and O–H groups in total. The zero-order valence-electron chi connectivity index (χ0n) is 16.3. The lowest BCUT2D eigenvalue weighted by Crippen LogP contribution is -2.46. The first-order valence-corrected chi connectivity index (χ1v) is 11.9. The molecule has 2 fully saturated rings. The predicted molar refractivity (Wildman–Crippen MR) is 117 cm³/mol. The van der Waals surface area contributed by atoms with Gasteiger partial charge in [0.25, 0.3) is 0 Å². The molecule has 0 atom stereocenters. The fourth-order valence-electron chi connectivity index (χ4n) is 3.84. The number of thioether (sulfide) groups is 1. The van der Waals surface area contributed by atoms with Crippen LogP contribution in [0, 0.1) is 11.8 Å². The van der Waals surface area contributed by atoms with Crippen LogP contribution in [0.2, 0.25) is 10.0 Å². The minimum atomic E-state index is 0.0815. The van der Waals surface area contributed by atoms with Crippen LogP contribution in [-0.2, 0) is 15.3 Å². The summed E-state index contributed by atoms with van der Waals surface area (Å²) in [6.45, 7) is 5.40. The van der Waals surface area contributed by atoms with Crippen LogP contribution >= 0.6 is 35.0 Å². The molecule has 0 spiro atoms. The summed E-state index contributed by atoms with van der Waals surface area (Å²) in [6, 6.07) is 5.45. The van der Waals surface area contributed by atoms with Crippen LogP contribution in [0.1, 0.15) is 38.2 Å². The van der Waals surface area contributed by atoms with Gasteiger partial charge in [0.1, 0.15) is 0 Å². The second kappa shape index (κ2) is 10.2. The number of carbonyl (C=O) groups excluding carboxylic acids is 2. The molecule has 0 radical (unpaired) electrons. The van der Waals surface area contributed by atoms with E-state index in [1.54, 1.807) is 17.8 Å². The van der Waals surface area contributed by atoms with E-state index in [1.165, 1.54) is 0 Å². The molecule has 28 heavy (non-hydrogen) atoms. The zero-order chi connectivity index (χ0) is 20.1. The topological polar surface area (TPSA) is 40.6 Å². The van der Waals surface area contributed by atoms with Gasteiger partial charge in [-0.1, -0.05) is 36.2 Å². The van der Waals surface area contributed by atoms with Crippen molar-refractivity contribution in [3.63, 3.8) is 0 Å². The summed E-state index contributed by atoms with van der Waals surface area (Å²) in [7, 11) is 0. The smallest absolute Gasteiger partial charge is 0.232 e. The van der Waals surface area contributed by atoms with E-state index in [0.29, 0.717) is 40.5 Å². The lowest BCUT2D eigenvalue weighted by Gasteiger charge is -2.36. The number of hydrogen-bond donors (Lipinski definition) is 0. The Balaban J connectivity index is 1.39. The number of hydrogen-bond acceptors (Lipinski definition) is 3. The van der Waals surface area contributed by atoms with E-state index in [1.807, 2.05) is 21.9 Å². The van der Waals surface area contributed by atoms with E-state index in [-0.39, 0.29) is 11.8 Å². The fraction of sp³-hybridized carbons (Fsp3) is 0.619. The summed E-state index contributed by atoms with van der Waals surface area (Å²) < 4.78 is 0. The van der Waals surface area contributed by atoms with Gasteiger partial charge in [0.15, 0.2) is 0 Å². The summed E-state index contributed by atoms with van der Waals surface area (Å²) in [5, 5.41) is 1.25. The Morgan fingerprint density at radius 2 is 1.68 bits per heavy atom. The van der Waals surface area contributed by atoms with Crippen LogP contribution in [0.4, 0.5) is 0 Å². The van der Waals surface area contributed by atoms with Crippen molar-refractivity contribution in [3.05, 3.63) is 33.8 Å². The first kappa shape index (κ1) is 21.8. The summed E-state index contributed by atoms with van der Waals surface area (Å²) in [4.78, 5) is 29.2. The van der Waals surface area contributed by atoms with Crippen molar-refractivity contribution in [1.29, 1.82) is 0 Å². The molecule has 2 aliphatic rings. The molecule has 1 aromatic carbocycles. The Labute approximate surface area is 181 Å². The molecule has 2 saturated heterocycles. The van der Waals surface area contributed by atoms with Gasteiger partial charge >= 0.3 is 0 Å². The second-order valence-corrected chi connectivity index (χ2v) is 9.72. The van der Waals surface area contributed by atoms with Crippen LogP contribution in [0.25, 0.3) is 0 Å². The van der Waals surface area contributed by atoms with Crippen LogP contribution < -0.4 is 0 Å². The lowest BCUT2D eigenvalue weighted by atomic mass is 9.92. The number of benzene rings is 1.